The van der Waals surface area contributed by atoms with Crippen molar-refractivity contribution in [3.63, 3.8) is 0 Å². The summed E-state index contributed by atoms with van der Waals surface area (Å²) in [5, 5.41) is 12.1. The maximum Gasteiger partial charge on any atom is 0.0517 e. The van der Waals surface area contributed by atoms with Crippen LogP contribution >= 0.6 is 0 Å². The molecule has 0 unspecified atom stereocenters. The lowest BCUT2D eigenvalue weighted by atomic mass is 9.98. The molecule has 0 bridgehead atoms. The Balaban J connectivity index is 2.23. The van der Waals surface area contributed by atoms with Gasteiger partial charge >= 0.3 is 0 Å². The second-order valence-electron chi connectivity index (χ2n) is 6.94. The predicted molar refractivity (Wildman–Crippen MR) is 92.3 cm³/mol. The minimum absolute atomic E-state index is 0.158. The molecule has 0 heterocycles. The van der Waals surface area contributed by atoms with E-state index in [9.17, 15) is 5.11 Å². The summed E-state index contributed by atoms with van der Waals surface area (Å²) in [5.41, 5.74) is 3.90. The van der Waals surface area contributed by atoms with Crippen molar-refractivity contribution in [3.05, 3.63) is 59.7 Å². The number of hydrogen-bond donors (Lipinski definition) is 0. The van der Waals surface area contributed by atoms with Crippen molar-refractivity contribution in [1.29, 1.82) is 0 Å². The van der Waals surface area contributed by atoms with E-state index < -0.39 is 0 Å². The molecule has 0 fully saturated rings. The van der Waals surface area contributed by atoms with Gasteiger partial charge in [0.2, 0.25) is 0 Å². The molecule has 2 nitrogen and oxygen atoms in total. The fourth-order valence-electron chi connectivity index (χ4n) is 2.23. The molecule has 0 amide bonds. The van der Waals surface area contributed by atoms with Gasteiger partial charge in [0.25, 0.3) is 0 Å². The van der Waals surface area contributed by atoms with Crippen LogP contribution in [0.4, 0.5) is 0 Å². The van der Waals surface area contributed by atoms with Crippen LogP contribution in [0, 0.1) is 0 Å². The molecule has 116 valence electrons. The van der Waals surface area contributed by atoms with Gasteiger partial charge in [-0.3, -0.25) is 4.99 Å². The molecular weight excluding hydrogens is 270 g/mol. The van der Waals surface area contributed by atoms with Crippen LogP contribution < -0.4 is 5.11 Å². The normalized spacial score (nSPS) is 12.7. The summed E-state index contributed by atoms with van der Waals surface area (Å²) in [5.74, 6) is 0.377. The molecule has 0 saturated heterocycles. The van der Waals surface area contributed by atoms with Gasteiger partial charge in [-0.2, -0.15) is 0 Å². The van der Waals surface area contributed by atoms with Crippen LogP contribution in [0.3, 0.4) is 0 Å². The third kappa shape index (κ3) is 4.20. The Morgan fingerprint density at radius 1 is 0.864 bits per heavy atom. The number of benzene rings is 2. The van der Waals surface area contributed by atoms with Crippen LogP contribution in [0.15, 0.2) is 53.5 Å². The van der Waals surface area contributed by atoms with Crippen molar-refractivity contribution in [2.75, 3.05) is 0 Å². The van der Waals surface area contributed by atoms with E-state index in [4.69, 9.17) is 0 Å². The third-order valence-electron chi connectivity index (χ3n) is 3.48. The van der Waals surface area contributed by atoms with Gasteiger partial charge in [0, 0.05) is 0 Å². The van der Waals surface area contributed by atoms with E-state index >= 15 is 0 Å². The molecule has 0 N–H and O–H groups in total. The van der Waals surface area contributed by atoms with Gasteiger partial charge in [0.15, 0.2) is 0 Å². The third-order valence-corrected chi connectivity index (χ3v) is 3.48. The molecule has 0 aliphatic heterocycles. The molecular formula is C20H24NO-. The molecule has 0 aliphatic carbocycles. The predicted octanol–water partition coefficient (Wildman–Crippen LogP) is 4.38. The van der Waals surface area contributed by atoms with E-state index in [1.807, 2.05) is 45.0 Å². The maximum absolute atomic E-state index is 12.1. The lowest BCUT2D eigenvalue weighted by Gasteiger charge is -2.19. The summed E-state index contributed by atoms with van der Waals surface area (Å²) in [6, 6.07) is 16.2. The summed E-state index contributed by atoms with van der Waals surface area (Å²) < 4.78 is 0. The Labute approximate surface area is 133 Å². The Morgan fingerprint density at radius 3 is 1.73 bits per heavy atom. The van der Waals surface area contributed by atoms with Gasteiger partial charge in [0.1, 0.15) is 0 Å². The smallest absolute Gasteiger partial charge is 0.0517 e. The Kier molecular flexibility index (Phi) is 4.70. The minimum Gasteiger partial charge on any atom is -0.858 e. The van der Waals surface area contributed by atoms with E-state index in [2.05, 4.69) is 43.1 Å². The molecule has 0 aliphatic rings. The molecule has 2 aromatic carbocycles. The maximum atomic E-state index is 12.1. The van der Waals surface area contributed by atoms with E-state index in [1.54, 1.807) is 0 Å². The van der Waals surface area contributed by atoms with Crippen LogP contribution in [-0.4, -0.2) is 11.4 Å². The van der Waals surface area contributed by atoms with E-state index in [0.29, 0.717) is 11.5 Å². The van der Waals surface area contributed by atoms with E-state index in [1.165, 1.54) is 5.56 Å². The quantitative estimate of drug-likeness (QED) is 0.611. The first-order valence-corrected chi connectivity index (χ1v) is 7.74. The van der Waals surface area contributed by atoms with Gasteiger partial charge in [0.05, 0.1) is 5.54 Å². The summed E-state index contributed by atoms with van der Waals surface area (Å²) in [4.78, 5) is 4.17. The van der Waals surface area contributed by atoms with Crippen LogP contribution in [0.25, 0.3) is 11.1 Å². The number of rotatable bonds is 3. The molecule has 0 atom stereocenters. The Hall–Kier alpha value is -2.09. The monoisotopic (exact) mass is 294 g/mol. The first-order chi connectivity index (χ1) is 10.3. The van der Waals surface area contributed by atoms with Crippen molar-refractivity contribution < 1.29 is 5.11 Å². The molecule has 0 saturated carbocycles. The number of nitrogens with zero attached hydrogens (tertiary/aromatic N) is 1. The van der Waals surface area contributed by atoms with Crippen LogP contribution in [0.1, 0.15) is 51.7 Å². The molecule has 22 heavy (non-hydrogen) atoms. The standard InChI is InChI=1S/C20H25NO/c1-14(2)15-6-8-16(9-7-15)17-10-12-18(13-11-17)19(22)21-20(3,4)5/h6-14H,1-5H3,(H,21,22)/p-1. The van der Waals surface area contributed by atoms with E-state index in [-0.39, 0.29) is 11.4 Å². The number of aliphatic imine (C=N–C) groups is 1. The largest absolute Gasteiger partial charge is 0.858 e. The Morgan fingerprint density at radius 2 is 1.32 bits per heavy atom. The Bertz CT molecular complexity index is 644. The van der Waals surface area contributed by atoms with Gasteiger partial charge < -0.3 is 5.11 Å². The number of hydrogen-bond acceptors (Lipinski definition) is 2. The molecule has 0 aromatic heterocycles. The second kappa shape index (κ2) is 6.35. The molecule has 2 heteroatoms. The van der Waals surface area contributed by atoms with Crippen LogP contribution in [0.2, 0.25) is 0 Å². The SMILES string of the molecule is CC(C)c1ccc(-c2ccc(C([O-])=NC(C)(C)C)cc2)cc1. The average Bonchev–Trinajstić information content (AvgIpc) is 2.46. The fourth-order valence-corrected chi connectivity index (χ4v) is 2.23. The van der Waals surface area contributed by atoms with Crippen molar-refractivity contribution in [2.45, 2.75) is 46.1 Å². The van der Waals surface area contributed by atoms with Crippen LogP contribution in [0.5, 0.6) is 0 Å². The topological polar surface area (TPSA) is 35.4 Å². The highest BCUT2D eigenvalue weighted by Crippen LogP contribution is 2.23. The molecule has 0 spiro atoms. The zero-order valence-electron chi connectivity index (χ0n) is 14.1. The summed E-state index contributed by atoms with van der Waals surface area (Å²) in [6.45, 7) is 10.2. The van der Waals surface area contributed by atoms with Gasteiger partial charge in [-0.25, -0.2) is 0 Å². The summed E-state index contributed by atoms with van der Waals surface area (Å²) in [6.07, 6.45) is 0. The lowest BCUT2D eigenvalue weighted by molar-refractivity contribution is -0.213. The van der Waals surface area contributed by atoms with Crippen molar-refractivity contribution >= 4 is 5.90 Å². The van der Waals surface area contributed by atoms with Gasteiger partial charge in [-0.1, -0.05) is 62.4 Å². The van der Waals surface area contributed by atoms with E-state index in [0.717, 1.165) is 11.1 Å². The zero-order chi connectivity index (χ0) is 16.3. The van der Waals surface area contributed by atoms with Gasteiger partial charge in [-0.15, -0.1) is 0 Å². The van der Waals surface area contributed by atoms with Crippen molar-refractivity contribution in [1.82, 2.24) is 0 Å². The van der Waals surface area contributed by atoms with Crippen LogP contribution in [-0.2, 0) is 0 Å². The summed E-state index contributed by atoms with van der Waals surface area (Å²) in [7, 11) is 0. The first-order valence-electron chi connectivity index (χ1n) is 7.74. The highest BCUT2D eigenvalue weighted by molar-refractivity contribution is 5.91. The average molecular weight is 294 g/mol. The van der Waals surface area contributed by atoms with Crippen molar-refractivity contribution in [3.8, 4) is 11.1 Å². The molecule has 2 aromatic rings. The second-order valence-corrected chi connectivity index (χ2v) is 6.94. The lowest BCUT2D eigenvalue weighted by Crippen LogP contribution is -2.24. The summed E-state index contributed by atoms with van der Waals surface area (Å²) >= 11 is 0. The molecule has 0 radical (unpaired) electrons. The van der Waals surface area contributed by atoms with Crippen molar-refractivity contribution in [2.24, 2.45) is 4.99 Å². The minimum atomic E-state index is -0.345. The fraction of sp³-hybridized carbons (Fsp3) is 0.350. The highest BCUT2D eigenvalue weighted by atomic mass is 16.3. The molecule has 2 rings (SSSR count). The zero-order valence-corrected chi connectivity index (χ0v) is 14.1. The highest BCUT2D eigenvalue weighted by Gasteiger charge is 2.07. The van der Waals surface area contributed by atoms with Gasteiger partial charge in [-0.05, 0) is 54.8 Å². The first kappa shape index (κ1) is 16.3.